The van der Waals surface area contributed by atoms with E-state index < -0.39 is 0 Å². The van der Waals surface area contributed by atoms with Crippen LogP contribution in [0.25, 0.3) is 11.0 Å². The molecule has 1 aromatic heterocycles. The minimum atomic E-state index is 0.484. The fraction of sp³-hybridized carbons (Fsp3) is 0.188. The summed E-state index contributed by atoms with van der Waals surface area (Å²) in [4.78, 5) is 4.33. The summed E-state index contributed by atoms with van der Waals surface area (Å²) in [7, 11) is 0. The van der Waals surface area contributed by atoms with E-state index in [0.29, 0.717) is 17.6 Å². The highest BCUT2D eigenvalue weighted by Gasteiger charge is 2.10. The van der Waals surface area contributed by atoms with Crippen LogP contribution in [0.3, 0.4) is 0 Å². The molecular formula is C16H16ClN3O. The number of fused-ring (bicyclic) bond motifs is 1. The zero-order chi connectivity index (χ0) is 14.7. The van der Waals surface area contributed by atoms with E-state index in [1.54, 1.807) is 0 Å². The van der Waals surface area contributed by atoms with Gasteiger partial charge in [0, 0.05) is 6.54 Å². The number of hydrogen-bond acceptors (Lipinski definition) is 3. The second kappa shape index (κ2) is 6.06. The summed E-state index contributed by atoms with van der Waals surface area (Å²) in [6.45, 7) is 1.34. The van der Waals surface area contributed by atoms with Crippen LogP contribution in [0.1, 0.15) is 6.42 Å². The minimum Gasteiger partial charge on any atom is -0.494 e. The van der Waals surface area contributed by atoms with E-state index in [0.717, 1.165) is 29.7 Å². The number of hydrogen-bond donors (Lipinski definition) is 1. The van der Waals surface area contributed by atoms with Gasteiger partial charge in [-0.1, -0.05) is 35.9 Å². The molecule has 0 spiro atoms. The largest absolute Gasteiger partial charge is 0.494 e. The highest BCUT2D eigenvalue weighted by molar-refractivity contribution is 6.35. The van der Waals surface area contributed by atoms with E-state index in [9.17, 15) is 0 Å². The molecule has 0 bridgehead atoms. The van der Waals surface area contributed by atoms with Crippen LogP contribution >= 0.6 is 11.6 Å². The van der Waals surface area contributed by atoms with Crippen LogP contribution < -0.4 is 10.5 Å². The quantitative estimate of drug-likeness (QED) is 0.730. The Hall–Kier alpha value is -2.20. The van der Waals surface area contributed by atoms with Crippen molar-refractivity contribution in [1.29, 1.82) is 0 Å². The van der Waals surface area contributed by atoms with Gasteiger partial charge in [0.1, 0.15) is 5.75 Å². The minimum absolute atomic E-state index is 0.484. The highest BCUT2D eigenvalue weighted by Crippen LogP contribution is 2.25. The third kappa shape index (κ3) is 2.95. The molecule has 0 saturated heterocycles. The molecular weight excluding hydrogens is 286 g/mol. The van der Waals surface area contributed by atoms with E-state index in [2.05, 4.69) is 4.98 Å². The van der Waals surface area contributed by atoms with Crippen molar-refractivity contribution in [2.75, 3.05) is 12.3 Å². The maximum absolute atomic E-state index is 6.24. The van der Waals surface area contributed by atoms with Crippen molar-refractivity contribution in [1.82, 2.24) is 9.55 Å². The first-order chi connectivity index (χ1) is 10.3. The van der Waals surface area contributed by atoms with Gasteiger partial charge in [0.2, 0.25) is 5.95 Å². The third-order valence-corrected chi connectivity index (χ3v) is 3.59. The van der Waals surface area contributed by atoms with Crippen LogP contribution in [0.15, 0.2) is 48.5 Å². The maximum Gasteiger partial charge on any atom is 0.201 e. The normalized spacial score (nSPS) is 10.9. The Kier molecular flexibility index (Phi) is 3.97. The Balaban J connectivity index is 1.67. The summed E-state index contributed by atoms with van der Waals surface area (Å²) in [6.07, 6.45) is 0.829. The van der Waals surface area contributed by atoms with E-state index >= 15 is 0 Å². The van der Waals surface area contributed by atoms with Gasteiger partial charge >= 0.3 is 0 Å². The molecule has 3 rings (SSSR count). The fourth-order valence-corrected chi connectivity index (χ4v) is 2.59. The summed E-state index contributed by atoms with van der Waals surface area (Å²) in [5.41, 5.74) is 7.68. The number of aromatic nitrogens is 2. The average Bonchev–Trinajstić information content (AvgIpc) is 2.82. The molecule has 0 aliphatic carbocycles. The molecule has 0 fully saturated rings. The SMILES string of the molecule is Nc1nc2cccc(Cl)c2n1CCCOc1ccccc1. The van der Waals surface area contributed by atoms with Crippen LogP contribution in [0, 0.1) is 0 Å². The summed E-state index contributed by atoms with van der Waals surface area (Å²) in [5, 5.41) is 0.667. The molecule has 1 heterocycles. The Morgan fingerprint density at radius 3 is 2.71 bits per heavy atom. The van der Waals surface area contributed by atoms with E-state index in [4.69, 9.17) is 22.1 Å². The Labute approximate surface area is 128 Å². The number of aryl methyl sites for hydroxylation is 1. The first kappa shape index (κ1) is 13.8. The van der Waals surface area contributed by atoms with Crippen molar-refractivity contribution >= 4 is 28.6 Å². The molecule has 0 amide bonds. The van der Waals surface area contributed by atoms with Gasteiger partial charge in [-0.15, -0.1) is 0 Å². The monoisotopic (exact) mass is 301 g/mol. The van der Waals surface area contributed by atoms with Crippen LogP contribution in [-0.2, 0) is 6.54 Å². The molecule has 0 saturated carbocycles. The Morgan fingerprint density at radius 1 is 1.10 bits per heavy atom. The number of halogens is 1. The standard InChI is InChI=1S/C16H16ClN3O/c17-13-8-4-9-14-15(13)20(16(18)19-14)10-5-11-21-12-6-2-1-3-7-12/h1-4,6-9H,5,10-11H2,(H2,18,19). The smallest absolute Gasteiger partial charge is 0.201 e. The van der Waals surface area contributed by atoms with Crippen LogP contribution in [0.2, 0.25) is 5.02 Å². The molecule has 21 heavy (non-hydrogen) atoms. The molecule has 2 N–H and O–H groups in total. The molecule has 0 aliphatic rings. The molecule has 0 unspecified atom stereocenters. The van der Waals surface area contributed by atoms with E-state index in [1.165, 1.54) is 0 Å². The number of nitrogen functional groups attached to an aromatic ring is 1. The number of ether oxygens (including phenoxy) is 1. The van der Waals surface area contributed by atoms with Gasteiger partial charge < -0.3 is 15.0 Å². The van der Waals surface area contributed by atoms with Crippen LogP contribution in [0.5, 0.6) is 5.75 Å². The summed E-state index contributed by atoms with van der Waals surface area (Å²) in [5.74, 6) is 1.36. The maximum atomic E-state index is 6.24. The highest BCUT2D eigenvalue weighted by atomic mass is 35.5. The molecule has 108 valence electrons. The number of anilines is 1. The predicted molar refractivity (Wildman–Crippen MR) is 85.7 cm³/mol. The van der Waals surface area contributed by atoms with Crippen molar-refractivity contribution in [3.63, 3.8) is 0 Å². The van der Waals surface area contributed by atoms with Gasteiger partial charge in [-0.25, -0.2) is 4.98 Å². The van der Waals surface area contributed by atoms with Gasteiger partial charge in [0.15, 0.2) is 0 Å². The van der Waals surface area contributed by atoms with Gasteiger partial charge in [-0.2, -0.15) is 0 Å². The van der Waals surface area contributed by atoms with Crippen molar-refractivity contribution in [2.45, 2.75) is 13.0 Å². The van der Waals surface area contributed by atoms with Gasteiger partial charge in [-0.05, 0) is 30.7 Å². The molecule has 0 atom stereocenters. The topological polar surface area (TPSA) is 53.1 Å². The summed E-state index contributed by atoms with van der Waals surface area (Å²) in [6, 6.07) is 15.4. The second-order valence-corrected chi connectivity index (χ2v) is 5.15. The molecule has 2 aromatic carbocycles. The van der Waals surface area contributed by atoms with Crippen LogP contribution in [-0.4, -0.2) is 16.2 Å². The van der Waals surface area contributed by atoms with Crippen molar-refractivity contribution in [3.05, 3.63) is 53.6 Å². The van der Waals surface area contributed by atoms with Gasteiger partial charge in [0.05, 0.1) is 22.7 Å². The van der Waals surface area contributed by atoms with Crippen molar-refractivity contribution in [3.8, 4) is 5.75 Å². The lowest BCUT2D eigenvalue weighted by molar-refractivity contribution is 0.303. The number of nitrogens with two attached hydrogens (primary N) is 1. The lowest BCUT2D eigenvalue weighted by atomic mass is 10.3. The van der Waals surface area contributed by atoms with Crippen molar-refractivity contribution in [2.24, 2.45) is 0 Å². The Bertz CT molecular complexity index is 740. The van der Waals surface area contributed by atoms with Gasteiger partial charge in [0.25, 0.3) is 0 Å². The molecule has 3 aromatic rings. The zero-order valence-electron chi connectivity index (χ0n) is 11.5. The first-order valence-electron chi connectivity index (χ1n) is 6.84. The van der Waals surface area contributed by atoms with Crippen molar-refractivity contribution < 1.29 is 4.74 Å². The number of benzene rings is 2. The molecule has 0 radical (unpaired) electrons. The third-order valence-electron chi connectivity index (χ3n) is 3.28. The number of imidazole rings is 1. The van der Waals surface area contributed by atoms with E-state index in [1.807, 2.05) is 53.1 Å². The number of para-hydroxylation sites is 2. The number of nitrogens with zero attached hydrogens (tertiary/aromatic N) is 2. The van der Waals surface area contributed by atoms with E-state index in [-0.39, 0.29) is 0 Å². The fourth-order valence-electron chi connectivity index (χ4n) is 2.32. The molecule has 4 nitrogen and oxygen atoms in total. The molecule has 5 heteroatoms. The predicted octanol–water partition coefficient (Wildman–Crippen LogP) is 3.74. The summed E-state index contributed by atoms with van der Waals surface area (Å²) >= 11 is 6.24. The Morgan fingerprint density at radius 2 is 1.90 bits per heavy atom. The lowest BCUT2D eigenvalue weighted by Crippen LogP contribution is -2.07. The molecule has 0 aliphatic heterocycles. The number of rotatable bonds is 5. The van der Waals surface area contributed by atoms with Gasteiger partial charge in [-0.3, -0.25) is 0 Å². The van der Waals surface area contributed by atoms with Crippen LogP contribution in [0.4, 0.5) is 5.95 Å². The second-order valence-electron chi connectivity index (χ2n) is 4.74. The average molecular weight is 302 g/mol. The first-order valence-corrected chi connectivity index (χ1v) is 7.21. The zero-order valence-corrected chi connectivity index (χ0v) is 12.3. The summed E-state index contributed by atoms with van der Waals surface area (Å²) < 4.78 is 7.62. The lowest BCUT2D eigenvalue weighted by Gasteiger charge is -2.09.